The van der Waals surface area contributed by atoms with Crippen molar-refractivity contribution in [2.45, 2.75) is 32.7 Å². The Morgan fingerprint density at radius 3 is 2.64 bits per heavy atom. The number of hydrogen-bond donors (Lipinski definition) is 1. The highest BCUT2D eigenvalue weighted by Crippen LogP contribution is 2.24. The second kappa shape index (κ2) is 10.2. The van der Waals surface area contributed by atoms with Gasteiger partial charge >= 0.3 is 0 Å². The summed E-state index contributed by atoms with van der Waals surface area (Å²) in [5.41, 5.74) is 2.10. The third-order valence-electron chi connectivity index (χ3n) is 5.97. The number of amides is 2. The molecule has 0 unspecified atom stereocenters. The summed E-state index contributed by atoms with van der Waals surface area (Å²) in [4.78, 5) is 31.7. The van der Waals surface area contributed by atoms with Crippen molar-refractivity contribution in [2.75, 3.05) is 25.0 Å². The highest BCUT2D eigenvalue weighted by molar-refractivity contribution is 5.93. The quantitative estimate of drug-likeness (QED) is 0.599. The summed E-state index contributed by atoms with van der Waals surface area (Å²) >= 11 is 0. The van der Waals surface area contributed by atoms with Crippen LogP contribution in [0.25, 0.3) is 11.0 Å². The van der Waals surface area contributed by atoms with Crippen LogP contribution in [0.15, 0.2) is 48.5 Å². The molecule has 0 bridgehead atoms. The number of piperidine rings is 1. The molecule has 2 heterocycles. The molecule has 4 rings (SSSR count). The van der Waals surface area contributed by atoms with Crippen LogP contribution in [0.3, 0.4) is 0 Å². The zero-order chi connectivity index (χ0) is 23.2. The van der Waals surface area contributed by atoms with Gasteiger partial charge in [0, 0.05) is 25.6 Å². The highest BCUT2D eigenvalue weighted by atomic mass is 16.5. The smallest absolute Gasteiger partial charge is 0.229 e. The number of imidazole rings is 1. The van der Waals surface area contributed by atoms with Crippen LogP contribution < -0.4 is 10.1 Å². The largest absolute Gasteiger partial charge is 0.493 e. The number of carbonyl (C=O) groups excluding carboxylic acids is 2. The lowest BCUT2D eigenvalue weighted by Gasteiger charge is -2.31. The van der Waals surface area contributed by atoms with Crippen LogP contribution in [-0.4, -0.2) is 46.0 Å². The van der Waals surface area contributed by atoms with Gasteiger partial charge in [0.1, 0.15) is 5.75 Å². The SMILES string of the molecule is CCn1c(NC(=O)C2CCN(C(=O)CCOc3ccccc3)CC2)nc2cc(C#N)ccc21. The highest BCUT2D eigenvalue weighted by Gasteiger charge is 2.28. The molecule has 0 spiro atoms. The number of hydrogen-bond acceptors (Lipinski definition) is 5. The van der Waals surface area contributed by atoms with Gasteiger partial charge in [0.25, 0.3) is 0 Å². The van der Waals surface area contributed by atoms with E-state index in [4.69, 9.17) is 10.00 Å². The number of nitrogens with zero attached hydrogens (tertiary/aromatic N) is 4. The molecular formula is C25H27N5O3. The predicted octanol–water partition coefficient (Wildman–Crippen LogP) is 3.57. The van der Waals surface area contributed by atoms with E-state index >= 15 is 0 Å². The summed E-state index contributed by atoms with van der Waals surface area (Å²) in [7, 11) is 0. The van der Waals surface area contributed by atoms with Crippen LogP contribution in [0.1, 0.15) is 31.7 Å². The molecular weight excluding hydrogens is 418 g/mol. The molecule has 2 amide bonds. The molecule has 1 aromatic heterocycles. The van der Waals surface area contributed by atoms with Crippen LogP contribution >= 0.6 is 0 Å². The number of rotatable bonds is 7. The molecule has 0 aliphatic carbocycles. The molecule has 1 fully saturated rings. The summed E-state index contributed by atoms with van der Waals surface area (Å²) < 4.78 is 7.55. The van der Waals surface area contributed by atoms with Gasteiger partial charge in [-0.25, -0.2) is 4.98 Å². The zero-order valence-electron chi connectivity index (χ0n) is 18.7. The third-order valence-corrected chi connectivity index (χ3v) is 5.97. The van der Waals surface area contributed by atoms with Gasteiger partial charge in [-0.1, -0.05) is 18.2 Å². The van der Waals surface area contributed by atoms with Crippen molar-refractivity contribution in [3.8, 4) is 11.8 Å². The molecule has 3 aromatic rings. The van der Waals surface area contributed by atoms with E-state index in [2.05, 4.69) is 16.4 Å². The van der Waals surface area contributed by atoms with E-state index < -0.39 is 0 Å². The number of aryl methyl sites for hydroxylation is 1. The fourth-order valence-corrected chi connectivity index (χ4v) is 4.15. The topological polar surface area (TPSA) is 100 Å². The van der Waals surface area contributed by atoms with Gasteiger partial charge in [-0.05, 0) is 50.1 Å². The molecule has 1 N–H and O–H groups in total. The van der Waals surface area contributed by atoms with Crippen molar-refractivity contribution >= 4 is 28.8 Å². The van der Waals surface area contributed by atoms with E-state index in [1.54, 1.807) is 12.1 Å². The van der Waals surface area contributed by atoms with Crippen LogP contribution in [0.2, 0.25) is 0 Å². The van der Waals surface area contributed by atoms with E-state index in [-0.39, 0.29) is 17.7 Å². The van der Waals surface area contributed by atoms with E-state index in [9.17, 15) is 9.59 Å². The van der Waals surface area contributed by atoms with E-state index in [0.29, 0.717) is 62.5 Å². The van der Waals surface area contributed by atoms with Crippen molar-refractivity contribution < 1.29 is 14.3 Å². The minimum atomic E-state index is -0.172. The number of para-hydroxylation sites is 1. The fraction of sp³-hybridized carbons (Fsp3) is 0.360. The Kier molecular flexibility index (Phi) is 6.89. The Balaban J connectivity index is 1.29. The first kappa shape index (κ1) is 22.3. The van der Waals surface area contributed by atoms with Crippen LogP contribution in [0.5, 0.6) is 5.75 Å². The minimum Gasteiger partial charge on any atom is -0.493 e. The maximum atomic E-state index is 12.9. The molecule has 2 aromatic carbocycles. The number of nitriles is 1. The molecule has 1 saturated heterocycles. The molecule has 170 valence electrons. The maximum Gasteiger partial charge on any atom is 0.229 e. The second-order valence-electron chi connectivity index (χ2n) is 8.05. The van der Waals surface area contributed by atoms with Crippen molar-refractivity contribution in [1.82, 2.24) is 14.5 Å². The molecule has 0 radical (unpaired) electrons. The van der Waals surface area contributed by atoms with Gasteiger partial charge in [-0.3, -0.25) is 14.9 Å². The average molecular weight is 446 g/mol. The maximum absolute atomic E-state index is 12.9. The van der Waals surface area contributed by atoms with E-state index in [1.807, 2.05) is 52.8 Å². The Hall–Kier alpha value is -3.86. The number of benzene rings is 2. The standard InChI is InChI=1S/C25H27N5O3/c1-2-30-22-9-8-18(17-26)16-21(22)27-25(30)28-24(32)19-10-13-29(14-11-19)23(31)12-15-33-20-6-4-3-5-7-20/h3-9,16,19H,2,10-15H2,1H3,(H,27,28,32). The van der Waals surface area contributed by atoms with Crippen molar-refractivity contribution in [3.63, 3.8) is 0 Å². The zero-order valence-corrected chi connectivity index (χ0v) is 18.7. The van der Waals surface area contributed by atoms with Gasteiger partial charge in [-0.2, -0.15) is 5.26 Å². The number of aromatic nitrogens is 2. The van der Waals surface area contributed by atoms with Gasteiger partial charge < -0.3 is 14.2 Å². The Morgan fingerprint density at radius 1 is 1.18 bits per heavy atom. The summed E-state index contributed by atoms with van der Waals surface area (Å²) in [6.07, 6.45) is 1.54. The number of likely N-dealkylation sites (tertiary alicyclic amines) is 1. The van der Waals surface area contributed by atoms with Crippen molar-refractivity contribution in [3.05, 3.63) is 54.1 Å². The monoisotopic (exact) mass is 445 g/mol. The summed E-state index contributed by atoms with van der Waals surface area (Å²) in [5, 5.41) is 12.1. The predicted molar refractivity (Wildman–Crippen MR) is 125 cm³/mol. The van der Waals surface area contributed by atoms with Crippen LogP contribution in [-0.2, 0) is 16.1 Å². The van der Waals surface area contributed by atoms with Crippen LogP contribution in [0.4, 0.5) is 5.95 Å². The van der Waals surface area contributed by atoms with Gasteiger partial charge in [-0.15, -0.1) is 0 Å². The number of nitrogens with one attached hydrogen (secondary N) is 1. The van der Waals surface area contributed by atoms with E-state index in [1.165, 1.54) is 0 Å². The molecule has 1 aliphatic rings. The van der Waals surface area contributed by atoms with E-state index in [0.717, 1.165) is 11.3 Å². The Labute approximate surface area is 192 Å². The van der Waals surface area contributed by atoms with Crippen molar-refractivity contribution in [1.29, 1.82) is 5.26 Å². The summed E-state index contributed by atoms with van der Waals surface area (Å²) in [6, 6.07) is 16.9. The van der Waals surface area contributed by atoms with Crippen molar-refractivity contribution in [2.24, 2.45) is 5.92 Å². The minimum absolute atomic E-state index is 0.0471. The first-order valence-corrected chi connectivity index (χ1v) is 11.3. The fourth-order valence-electron chi connectivity index (χ4n) is 4.15. The molecule has 1 aliphatic heterocycles. The lowest BCUT2D eigenvalue weighted by Crippen LogP contribution is -2.42. The molecule has 33 heavy (non-hydrogen) atoms. The van der Waals surface area contributed by atoms with Gasteiger partial charge in [0.05, 0.1) is 35.7 Å². The van der Waals surface area contributed by atoms with Gasteiger partial charge in [0.2, 0.25) is 17.8 Å². The lowest BCUT2D eigenvalue weighted by molar-refractivity contribution is -0.135. The Bertz CT molecular complexity index is 1170. The molecule has 8 nitrogen and oxygen atoms in total. The molecule has 8 heteroatoms. The first-order chi connectivity index (χ1) is 16.1. The summed E-state index contributed by atoms with van der Waals surface area (Å²) in [5.74, 6) is 1.03. The first-order valence-electron chi connectivity index (χ1n) is 11.3. The number of carbonyl (C=O) groups is 2. The lowest BCUT2D eigenvalue weighted by atomic mass is 9.96. The Morgan fingerprint density at radius 2 is 1.94 bits per heavy atom. The second-order valence-corrected chi connectivity index (χ2v) is 8.05. The normalized spacial score (nSPS) is 14.1. The summed E-state index contributed by atoms with van der Waals surface area (Å²) in [6.45, 7) is 4.08. The van der Waals surface area contributed by atoms with Crippen LogP contribution in [0, 0.1) is 17.2 Å². The molecule has 0 saturated carbocycles. The molecule has 0 atom stereocenters. The average Bonchev–Trinajstić information content (AvgIpc) is 3.20. The van der Waals surface area contributed by atoms with Gasteiger partial charge in [0.15, 0.2) is 0 Å². The number of anilines is 1. The number of fused-ring (bicyclic) bond motifs is 1. The number of ether oxygens (including phenoxy) is 1. The third kappa shape index (κ3) is 5.14.